The molecule has 3 amide bonds. The van der Waals surface area contributed by atoms with Crippen molar-refractivity contribution in [1.82, 2.24) is 19.6 Å². The maximum Gasteiger partial charge on any atom is 0.410 e. The Kier molecular flexibility index (Phi) is 6.07. The molecule has 2 aromatic rings. The monoisotopic (exact) mass is 479 g/mol. The van der Waals surface area contributed by atoms with Gasteiger partial charge in [-0.15, -0.1) is 0 Å². The third-order valence-corrected chi connectivity index (χ3v) is 5.96. The summed E-state index contributed by atoms with van der Waals surface area (Å²) in [5.41, 5.74) is 5.95. The highest BCUT2D eigenvalue weighted by atomic mass is 16.6. The first-order chi connectivity index (χ1) is 16.4. The zero-order chi connectivity index (χ0) is 25.5. The number of primary amides is 1. The first kappa shape index (κ1) is 24.3. The van der Waals surface area contributed by atoms with Crippen LogP contribution in [0.25, 0.3) is 5.69 Å². The van der Waals surface area contributed by atoms with Gasteiger partial charge in [-0.1, -0.05) is 17.9 Å². The van der Waals surface area contributed by atoms with Gasteiger partial charge in [0, 0.05) is 44.1 Å². The highest BCUT2D eigenvalue weighted by Crippen LogP contribution is 2.27. The maximum absolute atomic E-state index is 12.6. The number of fused-ring (bicyclic) bond motifs is 1. The molecule has 1 aromatic heterocycles. The highest BCUT2D eigenvalue weighted by molar-refractivity contribution is 5.93. The molecule has 0 radical (unpaired) electrons. The molecule has 2 aliphatic rings. The molecule has 1 saturated heterocycles. The number of carbonyl (C=O) groups excluding carboxylic acids is 3. The average molecular weight is 480 g/mol. The van der Waals surface area contributed by atoms with Crippen LogP contribution in [0.15, 0.2) is 24.3 Å². The van der Waals surface area contributed by atoms with Crippen molar-refractivity contribution in [2.45, 2.75) is 51.4 Å². The predicted molar refractivity (Wildman–Crippen MR) is 127 cm³/mol. The topological polar surface area (TPSA) is 131 Å². The lowest BCUT2D eigenvalue weighted by atomic mass is 10.0. The van der Waals surface area contributed by atoms with Crippen LogP contribution in [0, 0.1) is 11.8 Å². The van der Waals surface area contributed by atoms with Gasteiger partial charge in [0.05, 0.1) is 17.9 Å². The minimum Gasteiger partial charge on any atom is -0.444 e. The summed E-state index contributed by atoms with van der Waals surface area (Å²) in [5.74, 6) is 4.50. The minimum atomic E-state index is -1.69. The third-order valence-electron chi connectivity index (χ3n) is 5.96. The lowest BCUT2D eigenvalue weighted by molar-refractivity contribution is -0.137. The van der Waals surface area contributed by atoms with E-state index in [0.717, 1.165) is 5.69 Å². The van der Waals surface area contributed by atoms with Gasteiger partial charge in [-0.2, -0.15) is 5.10 Å². The number of likely N-dealkylation sites (N-methyl/N-ethyl adjacent to an activating group) is 1. The van der Waals surface area contributed by atoms with Gasteiger partial charge in [-0.3, -0.25) is 9.59 Å². The summed E-state index contributed by atoms with van der Waals surface area (Å²) in [6.45, 7) is 6.38. The average Bonchev–Trinajstić information content (AvgIpc) is 3.30. The standard InChI is InChI=1S/C25H29N5O5/c1-24(2,3)35-23(33)29-12-9-19-18(15-29)20(21(26)31)27-30(19)17-7-5-6-16(14-17)8-10-25(34)11-13-28(4)22(25)32/h5-7,14,34H,9,11-13,15H2,1-4H3,(H2,26,31). The summed E-state index contributed by atoms with van der Waals surface area (Å²) in [5, 5.41) is 15.0. The smallest absolute Gasteiger partial charge is 0.410 e. The van der Waals surface area contributed by atoms with Gasteiger partial charge < -0.3 is 25.4 Å². The van der Waals surface area contributed by atoms with Crippen LogP contribution in [0.2, 0.25) is 0 Å². The first-order valence-electron chi connectivity index (χ1n) is 11.4. The van der Waals surface area contributed by atoms with E-state index in [2.05, 4.69) is 16.9 Å². The molecule has 3 N–H and O–H groups in total. The van der Waals surface area contributed by atoms with Gasteiger partial charge in [0.2, 0.25) is 5.60 Å². The molecule has 4 rings (SSSR count). The Hall–Kier alpha value is -3.84. The molecule has 0 saturated carbocycles. The number of aliphatic hydroxyl groups is 1. The van der Waals surface area contributed by atoms with E-state index in [-0.39, 0.29) is 18.7 Å². The number of benzene rings is 1. The van der Waals surface area contributed by atoms with Crippen LogP contribution in [0.5, 0.6) is 0 Å². The van der Waals surface area contributed by atoms with E-state index in [0.29, 0.717) is 36.3 Å². The Morgan fingerprint density at radius 2 is 2.00 bits per heavy atom. The fourth-order valence-corrected chi connectivity index (χ4v) is 4.17. The first-order valence-corrected chi connectivity index (χ1v) is 11.4. The van der Waals surface area contributed by atoms with Crippen LogP contribution >= 0.6 is 0 Å². The number of nitrogens with two attached hydrogens (primary N) is 1. The molecule has 3 heterocycles. The van der Waals surface area contributed by atoms with Crippen LogP contribution < -0.4 is 5.73 Å². The Labute approximate surface area is 203 Å². The number of hydrogen-bond donors (Lipinski definition) is 2. The summed E-state index contributed by atoms with van der Waals surface area (Å²) in [6.07, 6.45) is 0.233. The summed E-state index contributed by atoms with van der Waals surface area (Å²) in [4.78, 5) is 39.9. The second-order valence-electron chi connectivity index (χ2n) is 9.84. The fourth-order valence-electron chi connectivity index (χ4n) is 4.17. The zero-order valence-corrected chi connectivity index (χ0v) is 20.3. The Bertz CT molecular complexity index is 1270. The summed E-state index contributed by atoms with van der Waals surface area (Å²) < 4.78 is 7.11. The molecule has 35 heavy (non-hydrogen) atoms. The van der Waals surface area contributed by atoms with Gasteiger partial charge in [-0.25, -0.2) is 9.48 Å². The SMILES string of the molecule is CN1CCC(O)(C#Cc2cccc(-n3nc(C(N)=O)c4c3CCN(C(=O)OC(C)(C)C)C4)c2)C1=O. The second-order valence-corrected chi connectivity index (χ2v) is 9.84. The lowest BCUT2D eigenvalue weighted by Crippen LogP contribution is -2.40. The van der Waals surface area contributed by atoms with Crippen molar-refractivity contribution in [3.63, 3.8) is 0 Å². The van der Waals surface area contributed by atoms with Gasteiger partial charge in [-0.05, 0) is 39.0 Å². The molecule has 0 aliphatic carbocycles. The molecule has 184 valence electrons. The van der Waals surface area contributed by atoms with Gasteiger partial charge in [0.15, 0.2) is 5.69 Å². The quantitative estimate of drug-likeness (QED) is 0.623. The Morgan fingerprint density at radius 3 is 2.63 bits per heavy atom. The van der Waals surface area contributed by atoms with Crippen molar-refractivity contribution < 1.29 is 24.2 Å². The fraction of sp³-hybridized carbons (Fsp3) is 0.440. The van der Waals surface area contributed by atoms with Gasteiger partial charge >= 0.3 is 6.09 Å². The van der Waals surface area contributed by atoms with Crippen molar-refractivity contribution >= 4 is 17.9 Å². The molecule has 1 aromatic carbocycles. The Balaban J connectivity index is 1.65. The molecule has 0 spiro atoms. The molecule has 0 bridgehead atoms. The number of hydrogen-bond acceptors (Lipinski definition) is 6. The number of rotatable bonds is 2. The molecule has 2 aliphatic heterocycles. The minimum absolute atomic E-state index is 0.0960. The van der Waals surface area contributed by atoms with E-state index in [1.165, 1.54) is 9.80 Å². The third kappa shape index (κ3) is 4.86. The Morgan fingerprint density at radius 1 is 1.26 bits per heavy atom. The van der Waals surface area contributed by atoms with Gasteiger partial charge in [0.25, 0.3) is 11.8 Å². The van der Waals surface area contributed by atoms with Gasteiger partial charge in [0.1, 0.15) is 5.60 Å². The summed E-state index contributed by atoms with van der Waals surface area (Å²) in [6, 6.07) is 7.11. The molecule has 1 fully saturated rings. The molecular formula is C25H29N5O5. The largest absolute Gasteiger partial charge is 0.444 e. The predicted octanol–water partition coefficient (Wildman–Crippen LogP) is 1.21. The van der Waals surface area contributed by atoms with Crippen LogP contribution in [-0.2, 0) is 22.5 Å². The summed E-state index contributed by atoms with van der Waals surface area (Å²) in [7, 11) is 1.63. The van der Waals surface area contributed by atoms with E-state index >= 15 is 0 Å². The zero-order valence-electron chi connectivity index (χ0n) is 20.3. The number of carbonyl (C=O) groups is 3. The van der Waals surface area contributed by atoms with Crippen molar-refractivity contribution in [3.8, 4) is 17.5 Å². The lowest BCUT2D eigenvalue weighted by Gasteiger charge is -2.30. The number of nitrogens with zero attached hydrogens (tertiary/aromatic N) is 4. The molecule has 1 unspecified atom stereocenters. The van der Waals surface area contributed by atoms with Crippen LogP contribution in [0.4, 0.5) is 4.79 Å². The number of ether oxygens (including phenoxy) is 1. The van der Waals surface area contributed by atoms with E-state index in [1.807, 2.05) is 6.07 Å². The number of aromatic nitrogens is 2. The van der Waals surface area contributed by atoms with E-state index in [4.69, 9.17) is 10.5 Å². The highest BCUT2D eigenvalue weighted by Gasteiger charge is 2.42. The van der Waals surface area contributed by atoms with Crippen molar-refractivity contribution in [1.29, 1.82) is 0 Å². The van der Waals surface area contributed by atoms with Crippen molar-refractivity contribution in [2.24, 2.45) is 5.73 Å². The van der Waals surface area contributed by atoms with Crippen molar-refractivity contribution in [2.75, 3.05) is 20.1 Å². The van der Waals surface area contributed by atoms with Crippen molar-refractivity contribution in [3.05, 3.63) is 46.8 Å². The van der Waals surface area contributed by atoms with E-state index < -0.39 is 29.1 Å². The number of amides is 3. The molecular weight excluding hydrogens is 450 g/mol. The maximum atomic E-state index is 12.6. The second kappa shape index (κ2) is 8.74. The van der Waals surface area contributed by atoms with Crippen LogP contribution in [-0.4, -0.2) is 73.9 Å². The molecule has 10 heteroatoms. The molecule has 10 nitrogen and oxygen atoms in total. The molecule has 1 atom stereocenters. The van der Waals surface area contributed by atoms with Crippen LogP contribution in [0.3, 0.4) is 0 Å². The van der Waals surface area contributed by atoms with Crippen LogP contribution in [0.1, 0.15) is 54.5 Å². The summed E-state index contributed by atoms with van der Waals surface area (Å²) >= 11 is 0. The van der Waals surface area contributed by atoms with E-state index in [9.17, 15) is 19.5 Å². The van der Waals surface area contributed by atoms with E-state index in [1.54, 1.807) is 50.7 Å². The normalized spacial score (nSPS) is 19.7. The number of likely N-dealkylation sites (tertiary alicyclic amines) is 1.